The fourth-order valence-corrected chi connectivity index (χ4v) is 3.94. The molecule has 2 heterocycles. The van der Waals surface area contributed by atoms with Gasteiger partial charge in [-0.05, 0) is 61.0 Å². The second-order valence-electron chi connectivity index (χ2n) is 8.02. The fourth-order valence-electron chi connectivity index (χ4n) is 3.94. The Morgan fingerprint density at radius 2 is 1.74 bits per heavy atom. The van der Waals surface area contributed by atoms with Crippen LogP contribution in [0.4, 0.5) is 11.5 Å². The second kappa shape index (κ2) is 9.31. The largest absolute Gasteiger partial charge is 0.497 e. The predicted molar refractivity (Wildman–Crippen MR) is 131 cm³/mol. The van der Waals surface area contributed by atoms with E-state index >= 15 is 0 Å². The number of nitrogens with zero attached hydrogens (tertiary/aromatic N) is 1. The van der Waals surface area contributed by atoms with Crippen molar-refractivity contribution in [2.24, 2.45) is 0 Å². The van der Waals surface area contributed by atoms with Gasteiger partial charge in [-0.1, -0.05) is 24.3 Å². The Kier molecular flexibility index (Phi) is 5.91. The average molecular weight is 456 g/mol. The van der Waals surface area contributed by atoms with Crippen molar-refractivity contribution in [1.82, 2.24) is 10.3 Å². The highest BCUT2D eigenvalue weighted by Gasteiger charge is 2.19. The highest BCUT2D eigenvalue weighted by atomic mass is 16.6. The van der Waals surface area contributed by atoms with Gasteiger partial charge in [0, 0.05) is 11.1 Å². The van der Waals surface area contributed by atoms with Gasteiger partial charge in [0.15, 0.2) is 11.5 Å². The highest BCUT2D eigenvalue weighted by molar-refractivity contribution is 6.07. The Hall–Kier alpha value is -4.26. The molecule has 172 valence electrons. The van der Waals surface area contributed by atoms with Gasteiger partial charge in [0.1, 0.15) is 24.8 Å². The van der Waals surface area contributed by atoms with E-state index in [0.717, 1.165) is 33.7 Å². The number of para-hydroxylation sites is 1. The number of carbonyl (C=O) groups is 1. The normalized spacial score (nSPS) is 13.2. The van der Waals surface area contributed by atoms with E-state index in [0.29, 0.717) is 30.3 Å². The number of benzene rings is 3. The number of hydrogen-bond acceptors (Lipinski definition) is 6. The summed E-state index contributed by atoms with van der Waals surface area (Å²) in [6, 6.07) is 22.4. The number of hydrogen-bond donors (Lipinski definition) is 2. The van der Waals surface area contributed by atoms with E-state index < -0.39 is 0 Å². The van der Waals surface area contributed by atoms with Crippen LogP contribution in [0.25, 0.3) is 10.9 Å². The van der Waals surface area contributed by atoms with Crippen LogP contribution in [0.3, 0.4) is 0 Å². The summed E-state index contributed by atoms with van der Waals surface area (Å²) >= 11 is 0. The first-order valence-corrected chi connectivity index (χ1v) is 11.1. The van der Waals surface area contributed by atoms with Gasteiger partial charge in [-0.15, -0.1) is 0 Å². The molecule has 0 aliphatic carbocycles. The molecule has 1 amide bonds. The van der Waals surface area contributed by atoms with E-state index in [-0.39, 0.29) is 11.9 Å². The molecule has 1 atom stereocenters. The summed E-state index contributed by atoms with van der Waals surface area (Å²) in [6.45, 7) is 3.01. The van der Waals surface area contributed by atoms with Crippen molar-refractivity contribution in [3.63, 3.8) is 0 Å². The van der Waals surface area contributed by atoms with E-state index in [1.165, 1.54) is 0 Å². The maximum absolute atomic E-state index is 13.4. The summed E-state index contributed by atoms with van der Waals surface area (Å²) in [5.41, 5.74) is 3.07. The zero-order chi connectivity index (χ0) is 23.5. The molecule has 1 aromatic heterocycles. The van der Waals surface area contributed by atoms with E-state index in [1.54, 1.807) is 13.2 Å². The minimum Gasteiger partial charge on any atom is -0.497 e. The van der Waals surface area contributed by atoms with Crippen LogP contribution in [0.15, 0.2) is 72.8 Å². The van der Waals surface area contributed by atoms with Gasteiger partial charge in [0.25, 0.3) is 5.91 Å². The van der Waals surface area contributed by atoms with Crippen molar-refractivity contribution in [2.75, 3.05) is 25.6 Å². The van der Waals surface area contributed by atoms with Crippen molar-refractivity contribution < 1.29 is 19.0 Å². The van der Waals surface area contributed by atoms with E-state index in [4.69, 9.17) is 14.2 Å². The van der Waals surface area contributed by atoms with Crippen LogP contribution in [0, 0.1) is 0 Å². The summed E-state index contributed by atoms with van der Waals surface area (Å²) in [6.07, 6.45) is 0. The van der Waals surface area contributed by atoms with Crippen LogP contribution in [0.1, 0.15) is 28.9 Å². The zero-order valence-corrected chi connectivity index (χ0v) is 19.0. The first-order valence-electron chi connectivity index (χ1n) is 11.1. The SMILES string of the molecule is COc1ccc(Nc2cc(C(=O)N[C@@H](C)c3ccc4c(c3)OCCO4)c3ccccc3n2)cc1. The molecule has 0 fully saturated rings. The van der Waals surface area contributed by atoms with Crippen LogP contribution in [0.2, 0.25) is 0 Å². The second-order valence-corrected chi connectivity index (χ2v) is 8.02. The van der Waals surface area contributed by atoms with Gasteiger partial charge in [-0.25, -0.2) is 4.98 Å². The molecule has 0 bridgehead atoms. The Morgan fingerprint density at radius 1 is 0.971 bits per heavy atom. The lowest BCUT2D eigenvalue weighted by molar-refractivity contribution is 0.0941. The molecule has 5 rings (SSSR count). The van der Waals surface area contributed by atoms with Crippen LogP contribution in [-0.4, -0.2) is 31.2 Å². The topological polar surface area (TPSA) is 81.7 Å². The third-order valence-corrected chi connectivity index (χ3v) is 5.74. The van der Waals surface area contributed by atoms with Crippen LogP contribution in [-0.2, 0) is 0 Å². The molecule has 0 unspecified atom stereocenters. The van der Waals surface area contributed by atoms with Gasteiger partial charge in [-0.2, -0.15) is 0 Å². The summed E-state index contributed by atoms with van der Waals surface area (Å²) in [7, 11) is 1.63. The fraction of sp³-hybridized carbons (Fsp3) is 0.185. The molecule has 1 aliphatic heterocycles. The molecule has 34 heavy (non-hydrogen) atoms. The minimum atomic E-state index is -0.228. The van der Waals surface area contributed by atoms with E-state index in [1.807, 2.05) is 73.7 Å². The molecule has 7 heteroatoms. The lowest BCUT2D eigenvalue weighted by atomic mass is 10.0. The number of aromatic nitrogens is 1. The minimum absolute atomic E-state index is 0.182. The average Bonchev–Trinajstić information content (AvgIpc) is 2.88. The van der Waals surface area contributed by atoms with Gasteiger partial charge in [-0.3, -0.25) is 4.79 Å². The van der Waals surface area contributed by atoms with Crippen LogP contribution < -0.4 is 24.8 Å². The summed E-state index contributed by atoms with van der Waals surface area (Å²) in [5, 5.41) is 7.18. The van der Waals surface area contributed by atoms with Crippen molar-refractivity contribution in [3.8, 4) is 17.2 Å². The zero-order valence-electron chi connectivity index (χ0n) is 19.0. The molecule has 3 aromatic carbocycles. The number of pyridine rings is 1. The first-order chi connectivity index (χ1) is 16.6. The molecule has 0 saturated heterocycles. The number of carbonyl (C=O) groups excluding carboxylic acids is 1. The lowest BCUT2D eigenvalue weighted by Gasteiger charge is -2.21. The molecule has 7 nitrogen and oxygen atoms in total. The van der Waals surface area contributed by atoms with Crippen molar-refractivity contribution in [3.05, 3.63) is 83.9 Å². The molecule has 0 spiro atoms. The van der Waals surface area contributed by atoms with Crippen molar-refractivity contribution >= 4 is 28.3 Å². The lowest BCUT2D eigenvalue weighted by Crippen LogP contribution is -2.27. The number of fused-ring (bicyclic) bond motifs is 2. The van der Waals surface area contributed by atoms with E-state index in [2.05, 4.69) is 15.6 Å². The third-order valence-electron chi connectivity index (χ3n) is 5.74. The molecular formula is C27H25N3O4. The number of rotatable bonds is 6. The maximum Gasteiger partial charge on any atom is 0.252 e. The molecule has 2 N–H and O–H groups in total. The number of nitrogens with one attached hydrogen (secondary N) is 2. The predicted octanol–water partition coefficient (Wildman–Crippen LogP) is 5.25. The summed E-state index contributed by atoms with van der Waals surface area (Å²) < 4.78 is 16.5. The Morgan fingerprint density at radius 3 is 2.53 bits per heavy atom. The van der Waals surface area contributed by atoms with Gasteiger partial charge in [0.05, 0.1) is 24.2 Å². The van der Waals surface area contributed by atoms with Crippen molar-refractivity contribution in [1.29, 1.82) is 0 Å². The van der Waals surface area contributed by atoms with Crippen LogP contribution >= 0.6 is 0 Å². The van der Waals surface area contributed by atoms with E-state index in [9.17, 15) is 4.79 Å². The standard InChI is InChI=1S/C27H25N3O4/c1-17(18-7-12-24-25(15-18)34-14-13-33-24)28-27(31)22-16-26(30-23-6-4-3-5-21(22)23)29-19-8-10-20(32-2)11-9-19/h3-12,15-17H,13-14H2,1-2H3,(H,28,31)(H,29,30)/t17-/m0/s1. The number of amides is 1. The van der Waals surface area contributed by atoms with Crippen LogP contribution in [0.5, 0.6) is 17.2 Å². The Bertz CT molecular complexity index is 1340. The smallest absolute Gasteiger partial charge is 0.252 e. The number of ether oxygens (including phenoxy) is 3. The first kappa shape index (κ1) is 21.6. The van der Waals surface area contributed by atoms with Gasteiger partial charge >= 0.3 is 0 Å². The maximum atomic E-state index is 13.4. The molecule has 4 aromatic rings. The molecule has 0 radical (unpaired) electrons. The number of methoxy groups -OCH3 is 1. The Balaban J connectivity index is 1.41. The number of anilines is 2. The van der Waals surface area contributed by atoms with Gasteiger partial charge in [0.2, 0.25) is 0 Å². The quantitative estimate of drug-likeness (QED) is 0.413. The third kappa shape index (κ3) is 4.45. The highest BCUT2D eigenvalue weighted by Crippen LogP contribution is 2.33. The Labute approximate surface area is 197 Å². The molecular weight excluding hydrogens is 430 g/mol. The summed E-state index contributed by atoms with van der Waals surface area (Å²) in [4.78, 5) is 18.1. The van der Waals surface area contributed by atoms with Crippen molar-refractivity contribution in [2.45, 2.75) is 13.0 Å². The monoisotopic (exact) mass is 455 g/mol. The molecule has 0 saturated carbocycles. The summed E-state index contributed by atoms with van der Waals surface area (Å²) in [5.74, 6) is 2.60. The molecule has 1 aliphatic rings. The van der Waals surface area contributed by atoms with Gasteiger partial charge < -0.3 is 24.8 Å².